The molecule has 0 fully saturated rings. The van der Waals surface area contributed by atoms with Crippen LogP contribution in [-0.2, 0) is 0 Å². The van der Waals surface area contributed by atoms with Gasteiger partial charge in [0.15, 0.2) is 0 Å². The van der Waals surface area contributed by atoms with E-state index in [9.17, 15) is 0 Å². The molecule has 1 heteroatoms. The van der Waals surface area contributed by atoms with Crippen LogP contribution in [0.25, 0.3) is 0 Å². The maximum Gasteiger partial charge on any atom is 0.0481 e. The van der Waals surface area contributed by atoms with Crippen LogP contribution >= 0.6 is 0 Å². The highest BCUT2D eigenvalue weighted by Gasteiger charge is 2.16. The predicted octanol–water partition coefficient (Wildman–Crippen LogP) is 4.33. The molecule has 0 amide bonds. The summed E-state index contributed by atoms with van der Waals surface area (Å²) in [6.07, 6.45) is 1.11. The van der Waals surface area contributed by atoms with Crippen LogP contribution in [0.3, 0.4) is 0 Å². The van der Waals surface area contributed by atoms with Crippen molar-refractivity contribution in [2.45, 2.75) is 19.3 Å². The summed E-state index contributed by atoms with van der Waals surface area (Å²) in [4.78, 5) is 0. The minimum Gasteiger partial charge on any atom is -0.388 e. The van der Waals surface area contributed by atoms with E-state index < -0.39 is 0 Å². The lowest BCUT2D eigenvalue weighted by Gasteiger charge is -2.22. The van der Waals surface area contributed by atoms with Gasteiger partial charge in [0.25, 0.3) is 0 Å². The van der Waals surface area contributed by atoms with Gasteiger partial charge in [0.1, 0.15) is 0 Å². The van der Waals surface area contributed by atoms with Gasteiger partial charge in [-0.25, -0.2) is 0 Å². The topological polar surface area (TPSA) is 12.0 Å². The van der Waals surface area contributed by atoms with Gasteiger partial charge in [0, 0.05) is 18.2 Å². The molecule has 0 aliphatic heterocycles. The second-order valence-electron chi connectivity index (χ2n) is 4.71. The Hall–Kier alpha value is -2.02. The second kappa shape index (κ2) is 6.79. The van der Waals surface area contributed by atoms with Crippen LogP contribution in [0.2, 0.25) is 0 Å². The Morgan fingerprint density at radius 1 is 0.947 bits per heavy atom. The van der Waals surface area contributed by atoms with Gasteiger partial charge >= 0.3 is 0 Å². The molecule has 0 unspecified atom stereocenters. The molecule has 0 aromatic heterocycles. The van der Waals surface area contributed by atoms with Crippen molar-refractivity contribution in [1.82, 2.24) is 5.32 Å². The summed E-state index contributed by atoms with van der Waals surface area (Å²) in [7, 11) is 0. The number of nitrogens with one attached hydrogen (secondary N) is 1. The Morgan fingerprint density at radius 2 is 1.42 bits per heavy atom. The molecule has 0 saturated heterocycles. The van der Waals surface area contributed by atoms with Gasteiger partial charge in [-0.3, -0.25) is 0 Å². The molecule has 1 nitrogen and oxygen atoms in total. The Balaban J connectivity index is 2.31. The van der Waals surface area contributed by atoms with Crippen molar-refractivity contribution in [2.24, 2.45) is 0 Å². The zero-order valence-corrected chi connectivity index (χ0v) is 11.5. The number of hydrogen-bond acceptors (Lipinski definition) is 1. The Bertz CT molecular complexity index is 462. The van der Waals surface area contributed by atoms with Crippen molar-refractivity contribution < 1.29 is 0 Å². The van der Waals surface area contributed by atoms with Crippen LogP contribution in [0.15, 0.2) is 72.9 Å². The molecule has 1 N–H and O–H groups in total. The first-order valence-corrected chi connectivity index (χ1v) is 6.85. The maximum absolute atomic E-state index is 4.23. The average molecular weight is 251 g/mol. The van der Waals surface area contributed by atoms with E-state index in [1.165, 1.54) is 11.1 Å². The third kappa shape index (κ3) is 3.47. The first kappa shape index (κ1) is 13.4. The SMILES string of the molecule is C=C(NCCC)C(c1ccccc1)c1ccccc1. The highest BCUT2D eigenvalue weighted by molar-refractivity contribution is 5.39. The second-order valence-corrected chi connectivity index (χ2v) is 4.71. The number of benzene rings is 2. The average Bonchev–Trinajstić information content (AvgIpc) is 2.47. The Labute approximate surface area is 116 Å². The maximum atomic E-state index is 4.23. The molecule has 0 spiro atoms. The molecule has 19 heavy (non-hydrogen) atoms. The van der Waals surface area contributed by atoms with Crippen LogP contribution < -0.4 is 5.32 Å². The van der Waals surface area contributed by atoms with Crippen molar-refractivity contribution in [3.8, 4) is 0 Å². The molecule has 0 aliphatic rings. The molecule has 0 aliphatic carbocycles. The van der Waals surface area contributed by atoms with Gasteiger partial charge in [-0.2, -0.15) is 0 Å². The third-order valence-corrected chi connectivity index (χ3v) is 3.22. The summed E-state index contributed by atoms with van der Waals surface area (Å²) in [6.45, 7) is 7.37. The van der Waals surface area contributed by atoms with E-state index in [0.29, 0.717) is 0 Å². The van der Waals surface area contributed by atoms with Crippen LogP contribution in [0, 0.1) is 0 Å². The van der Waals surface area contributed by atoms with E-state index in [-0.39, 0.29) is 5.92 Å². The number of allylic oxidation sites excluding steroid dienone is 1. The van der Waals surface area contributed by atoms with E-state index in [2.05, 4.69) is 67.4 Å². The van der Waals surface area contributed by atoms with E-state index in [0.717, 1.165) is 18.7 Å². The summed E-state index contributed by atoms with van der Waals surface area (Å²) < 4.78 is 0. The van der Waals surface area contributed by atoms with Gasteiger partial charge in [-0.1, -0.05) is 74.2 Å². The summed E-state index contributed by atoms with van der Waals surface area (Å²) >= 11 is 0. The number of hydrogen-bond donors (Lipinski definition) is 1. The summed E-state index contributed by atoms with van der Waals surface area (Å²) in [6, 6.07) is 21.1. The van der Waals surface area contributed by atoms with Gasteiger partial charge in [-0.05, 0) is 17.5 Å². The highest BCUT2D eigenvalue weighted by Crippen LogP contribution is 2.29. The van der Waals surface area contributed by atoms with Crippen molar-refractivity contribution in [2.75, 3.05) is 6.54 Å². The molecular weight excluding hydrogens is 230 g/mol. The molecule has 2 rings (SSSR count). The predicted molar refractivity (Wildman–Crippen MR) is 82.2 cm³/mol. The third-order valence-electron chi connectivity index (χ3n) is 3.22. The normalized spacial score (nSPS) is 10.4. The van der Waals surface area contributed by atoms with Gasteiger partial charge in [0.05, 0.1) is 0 Å². The van der Waals surface area contributed by atoms with Crippen molar-refractivity contribution >= 4 is 0 Å². The Morgan fingerprint density at radius 3 is 1.84 bits per heavy atom. The quantitative estimate of drug-likeness (QED) is 0.805. The fraction of sp³-hybridized carbons (Fsp3) is 0.222. The van der Waals surface area contributed by atoms with Crippen LogP contribution in [0.1, 0.15) is 30.4 Å². The lowest BCUT2D eigenvalue weighted by Crippen LogP contribution is -2.20. The minimum atomic E-state index is 0.217. The molecule has 0 heterocycles. The van der Waals surface area contributed by atoms with Crippen molar-refractivity contribution in [1.29, 1.82) is 0 Å². The monoisotopic (exact) mass is 251 g/mol. The molecule has 0 bridgehead atoms. The van der Waals surface area contributed by atoms with Gasteiger partial charge in [-0.15, -0.1) is 0 Å². The molecule has 2 aromatic carbocycles. The van der Waals surface area contributed by atoms with Crippen LogP contribution in [0.5, 0.6) is 0 Å². The van der Waals surface area contributed by atoms with E-state index in [1.54, 1.807) is 0 Å². The van der Waals surface area contributed by atoms with Gasteiger partial charge in [0.2, 0.25) is 0 Å². The summed E-state index contributed by atoms with van der Waals surface area (Å²) in [5.74, 6) is 0.217. The first-order valence-electron chi connectivity index (χ1n) is 6.85. The fourth-order valence-electron chi connectivity index (χ4n) is 2.27. The van der Waals surface area contributed by atoms with Crippen LogP contribution in [-0.4, -0.2) is 6.54 Å². The summed E-state index contributed by atoms with van der Waals surface area (Å²) in [5.41, 5.74) is 3.63. The zero-order valence-electron chi connectivity index (χ0n) is 11.5. The minimum absolute atomic E-state index is 0.217. The van der Waals surface area contributed by atoms with Crippen molar-refractivity contribution in [3.05, 3.63) is 84.1 Å². The molecule has 0 saturated carbocycles. The lowest BCUT2D eigenvalue weighted by atomic mass is 9.89. The zero-order chi connectivity index (χ0) is 13.5. The summed E-state index contributed by atoms with van der Waals surface area (Å²) in [5, 5.41) is 3.43. The fourth-order valence-corrected chi connectivity index (χ4v) is 2.27. The van der Waals surface area contributed by atoms with E-state index >= 15 is 0 Å². The Kier molecular flexibility index (Phi) is 4.79. The van der Waals surface area contributed by atoms with E-state index in [1.807, 2.05) is 12.1 Å². The van der Waals surface area contributed by atoms with E-state index in [4.69, 9.17) is 0 Å². The van der Waals surface area contributed by atoms with Crippen molar-refractivity contribution in [3.63, 3.8) is 0 Å². The molecule has 0 radical (unpaired) electrons. The smallest absolute Gasteiger partial charge is 0.0481 e. The highest BCUT2D eigenvalue weighted by atomic mass is 14.9. The molecular formula is C18H21N. The standard InChI is InChI=1S/C18H21N/c1-3-14-19-15(2)18(16-10-6-4-7-11-16)17-12-8-5-9-13-17/h4-13,18-19H,2-3,14H2,1H3. The number of rotatable bonds is 6. The first-order chi connectivity index (χ1) is 9.33. The largest absolute Gasteiger partial charge is 0.388 e. The lowest BCUT2D eigenvalue weighted by molar-refractivity contribution is 0.719. The molecule has 0 atom stereocenters. The van der Waals surface area contributed by atoms with Gasteiger partial charge < -0.3 is 5.32 Å². The molecule has 2 aromatic rings. The van der Waals surface area contributed by atoms with Crippen LogP contribution in [0.4, 0.5) is 0 Å². The molecule has 98 valence electrons.